The molecule has 0 spiro atoms. The first-order valence-electron chi connectivity index (χ1n) is 7.32. The number of hydrogen-bond acceptors (Lipinski definition) is 6. The Balaban J connectivity index is 1.44. The maximum Gasteiger partial charge on any atom is 0.231 e. The van der Waals surface area contributed by atoms with E-state index in [2.05, 4.69) is 27.5 Å². The van der Waals surface area contributed by atoms with Crippen LogP contribution in [0.3, 0.4) is 0 Å². The lowest BCUT2D eigenvalue weighted by molar-refractivity contribution is 0.174. The molecule has 3 heterocycles. The van der Waals surface area contributed by atoms with Gasteiger partial charge in [0.2, 0.25) is 6.79 Å². The lowest BCUT2D eigenvalue weighted by Gasteiger charge is -2.25. The van der Waals surface area contributed by atoms with E-state index in [1.54, 1.807) is 11.8 Å². The second kappa shape index (κ2) is 4.96. The number of nitrogens with zero attached hydrogens (tertiary/aromatic N) is 3. The van der Waals surface area contributed by atoms with Crippen LogP contribution < -0.4 is 14.4 Å². The lowest BCUT2D eigenvalue weighted by atomic mass is 10.2. The van der Waals surface area contributed by atoms with Crippen molar-refractivity contribution in [3.63, 3.8) is 0 Å². The molecule has 0 aromatic heterocycles. The summed E-state index contributed by atoms with van der Waals surface area (Å²) in [6.07, 6.45) is 1.87. The smallest absolute Gasteiger partial charge is 0.231 e. The Morgan fingerprint density at radius 3 is 2.83 bits per heavy atom. The third-order valence-corrected chi connectivity index (χ3v) is 5.05. The van der Waals surface area contributed by atoms with Crippen LogP contribution in [0.2, 0.25) is 0 Å². The van der Waals surface area contributed by atoms with E-state index < -0.39 is 0 Å². The molecule has 2 aromatic carbocycles. The monoisotopic (exact) mass is 323 g/mol. The Bertz CT molecular complexity index is 822. The highest BCUT2D eigenvalue weighted by atomic mass is 32.2. The first-order valence-corrected chi connectivity index (χ1v) is 8.27. The second-order valence-corrected chi connectivity index (χ2v) is 6.28. The highest BCUT2D eigenvalue weighted by molar-refractivity contribution is 8.03. The van der Waals surface area contributed by atoms with Crippen molar-refractivity contribution in [1.29, 1.82) is 0 Å². The highest BCUT2D eigenvalue weighted by Gasteiger charge is 2.36. The molecule has 0 fully saturated rings. The summed E-state index contributed by atoms with van der Waals surface area (Å²) in [6.45, 7) is 0.289. The Morgan fingerprint density at radius 2 is 1.91 bits per heavy atom. The van der Waals surface area contributed by atoms with Gasteiger partial charge in [0, 0.05) is 22.7 Å². The zero-order chi connectivity index (χ0) is 15.2. The van der Waals surface area contributed by atoms with E-state index in [1.807, 2.05) is 47.7 Å². The van der Waals surface area contributed by atoms with E-state index in [0.717, 1.165) is 22.9 Å². The molecule has 0 bridgehead atoms. The number of anilines is 1. The third kappa shape index (κ3) is 1.98. The van der Waals surface area contributed by atoms with Gasteiger partial charge in [0.05, 0.1) is 5.70 Å². The summed E-state index contributed by atoms with van der Waals surface area (Å²) >= 11 is 1.74. The zero-order valence-corrected chi connectivity index (χ0v) is 12.9. The van der Waals surface area contributed by atoms with Crippen molar-refractivity contribution in [1.82, 2.24) is 5.01 Å². The first-order chi connectivity index (χ1) is 11.4. The van der Waals surface area contributed by atoms with Gasteiger partial charge in [-0.1, -0.05) is 42.1 Å². The molecule has 0 amide bonds. The SMILES string of the molecule is C1=NN2C(c3ccccc3)=CSC2N1c1ccc2c(c1)OCO2. The molecule has 0 radical (unpaired) electrons. The number of thioether (sulfide) groups is 1. The van der Waals surface area contributed by atoms with Crippen LogP contribution in [0, 0.1) is 0 Å². The van der Waals surface area contributed by atoms with Crippen LogP contribution in [-0.4, -0.2) is 23.6 Å². The van der Waals surface area contributed by atoms with Gasteiger partial charge in [0.25, 0.3) is 0 Å². The number of hydrazone groups is 1. The van der Waals surface area contributed by atoms with Crippen molar-refractivity contribution in [2.45, 2.75) is 5.50 Å². The molecule has 3 aliphatic heterocycles. The van der Waals surface area contributed by atoms with E-state index in [-0.39, 0.29) is 12.3 Å². The first kappa shape index (κ1) is 12.9. The maximum absolute atomic E-state index is 5.47. The Kier molecular flexibility index (Phi) is 2.78. The zero-order valence-electron chi connectivity index (χ0n) is 12.1. The predicted octanol–water partition coefficient (Wildman–Crippen LogP) is 3.51. The molecule has 0 saturated carbocycles. The van der Waals surface area contributed by atoms with Gasteiger partial charge in [-0.15, -0.1) is 0 Å². The summed E-state index contributed by atoms with van der Waals surface area (Å²) < 4.78 is 10.9. The summed E-state index contributed by atoms with van der Waals surface area (Å²) in [5.41, 5.74) is 3.44. The normalized spacial score (nSPS) is 20.9. The van der Waals surface area contributed by atoms with E-state index in [1.165, 1.54) is 5.56 Å². The van der Waals surface area contributed by atoms with E-state index in [4.69, 9.17) is 9.47 Å². The predicted molar refractivity (Wildman–Crippen MR) is 91.2 cm³/mol. The average Bonchev–Trinajstić information content (AvgIpc) is 3.30. The van der Waals surface area contributed by atoms with Crippen LogP contribution in [-0.2, 0) is 0 Å². The van der Waals surface area contributed by atoms with Crippen LogP contribution in [0.15, 0.2) is 59.0 Å². The van der Waals surface area contributed by atoms with E-state index >= 15 is 0 Å². The molecule has 0 saturated heterocycles. The molecule has 2 aromatic rings. The highest BCUT2D eigenvalue weighted by Crippen LogP contribution is 2.44. The fourth-order valence-corrected chi connectivity index (χ4v) is 3.96. The number of benzene rings is 2. The number of rotatable bonds is 2. The van der Waals surface area contributed by atoms with Gasteiger partial charge in [0.15, 0.2) is 17.0 Å². The molecule has 3 aliphatic rings. The largest absolute Gasteiger partial charge is 0.454 e. The van der Waals surface area contributed by atoms with Gasteiger partial charge in [-0.2, -0.15) is 5.10 Å². The van der Waals surface area contributed by atoms with Gasteiger partial charge >= 0.3 is 0 Å². The van der Waals surface area contributed by atoms with Crippen LogP contribution in [0.4, 0.5) is 5.69 Å². The van der Waals surface area contributed by atoms with E-state index in [0.29, 0.717) is 0 Å². The van der Waals surface area contributed by atoms with Crippen LogP contribution in [0.1, 0.15) is 5.56 Å². The quantitative estimate of drug-likeness (QED) is 0.845. The molecule has 1 atom stereocenters. The number of ether oxygens (including phenoxy) is 2. The molecule has 23 heavy (non-hydrogen) atoms. The maximum atomic E-state index is 5.47. The summed E-state index contributed by atoms with van der Waals surface area (Å²) in [4.78, 5) is 2.14. The van der Waals surface area contributed by atoms with Crippen LogP contribution in [0.5, 0.6) is 11.5 Å². The van der Waals surface area contributed by atoms with E-state index in [9.17, 15) is 0 Å². The van der Waals surface area contributed by atoms with Crippen LogP contribution >= 0.6 is 11.8 Å². The molecule has 0 aliphatic carbocycles. The van der Waals surface area contributed by atoms with Gasteiger partial charge in [-0.25, -0.2) is 5.01 Å². The number of hydrogen-bond donors (Lipinski definition) is 0. The van der Waals surface area contributed by atoms with Gasteiger partial charge < -0.3 is 9.47 Å². The van der Waals surface area contributed by atoms with Crippen molar-refractivity contribution in [2.75, 3.05) is 11.7 Å². The standard InChI is InChI=1S/C17H13N3O2S/c1-2-4-12(5-3-1)14-9-23-17-19(10-18-20(14)17)13-6-7-15-16(8-13)22-11-21-15/h1-10,17H,11H2. The molecule has 0 N–H and O–H groups in total. The minimum atomic E-state index is 0.102. The van der Waals surface area contributed by atoms with Gasteiger partial charge in [-0.05, 0) is 12.1 Å². The van der Waals surface area contributed by atoms with Gasteiger partial charge in [-0.3, -0.25) is 4.90 Å². The van der Waals surface area contributed by atoms with Crippen molar-refractivity contribution in [3.05, 3.63) is 59.5 Å². The summed E-state index contributed by atoms with van der Waals surface area (Å²) in [6, 6.07) is 16.3. The van der Waals surface area contributed by atoms with Gasteiger partial charge in [0.1, 0.15) is 6.34 Å². The molecule has 5 rings (SSSR count). The Morgan fingerprint density at radius 1 is 1.04 bits per heavy atom. The molecular weight excluding hydrogens is 310 g/mol. The summed E-state index contributed by atoms with van der Waals surface area (Å²) in [5, 5.41) is 8.79. The summed E-state index contributed by atoms with van der Waals surface area (Å²) in [5.74, 6) is 1.58. The minimum absolute atomic E-state index is 0.102. The third-order valence-electron chi connectivity index (χ3n) is 4.02. The van der Waals surface area contributed by atoms with Crippen molar-refractivity contribution in [3.8, 4) is 11.5 Å². The summed E-state index contributed by atoms with van der Waals surface area (Å²) in [7, 11) is 0. The van der Waals surface area contributed by atoms with Crippen molar-refractivity contribution in [2.24, 2.45) is 5.10 Å². The molecular formula is C17H13N3O2S. The van der Waals surface area contributed by atoms with Crippen LogP contribution in [0.25, 0.3) is 5.70 Å². The second-order valence-electron chi connectivity index (χ2n) is 5.35. The molecule has 6 heteroatoms. The minimum Gasteiger partial charge on any atom is -0.454 e. The molecule has 1 unspecified atom stereocenters. The lowest BCUT2D eigenvalue weighted by Crippen LogP contribution is -2.33. The number of fused-ring (bicyclic) bond motifs is 2. The fourth-order valence-electron chi connectivity index (χ4n) is 2.88. The fraction of sp³-hybridized carbons (Fsp3) is 0.118. The molecule has 114 valence electrons. The topological polar surface area (TPSA) is 37.3 Å². The average molecular weight is 323 g/mol. The Labute approximate surface area is 137 Å². The van der Waals surface area contributed by atoms with Crippen molar-refractivity contribution < 1.29 is 9.47 Å². The van der Waals surface area contributed by atoms with Crippen molar-refractivity contribution >= 4 is 29.5 Å². The Hall–Kier alpha value is -2.60. The molecule has 5 nitrogen and oxygen atoms in total.